The Morgan fingerprint density at radius 2 is 0.923 bits per heavy atom. The van der Waals surface area contributed by atoms with E-state index >= 15 is 0 Å². The first-order valence-electron chi connectivity index (χ1n) is 19.9. The summed E-state index contributed by atoms with van der Waals surface area (Å²) in [6, 6.07) is 52.7. The fourth-order valence-corrected chi connectivity index (χ4v) is 8.35. The summed E-state index contributed by atoms with van der Waals surface area (Å²) in [5.74, 6) is 0. The highest BCUT2D eigenvalue weighted by Crippen LogP contribution is 2.46. The third-order valence-corrected chi connectivity index (χ3v) is 10.5. The summed E-state index contributed by atoms with van der Waals surface area (Å²) >= 11 is 0. The molecule has 0 fully saturated rings. The molecular formula is C50H31NO. The molecule has 0 saturated carbocycles. The predicted molar refractivity (Wildman–Crippen MR) is 219 cm³/mol. The van der Waals surface area contributed by atoms with Crippen molar-refractivity contribution in [2.45, 2.75) is 0 Å². The van der Waals surface area contributed by atoms with Gasteiger partial charge in [0.25, 0.3) is 0 Å². The lowest BCUT2D eigenvalue weighted by atomic mass is 9.85. The van der Waals surface area contributed by atoms with Crippen LogP contribution in [0, 0.1) is 0 Å². The fraction of sp³-hybridized carbons (Fsp3) is 0. The standard InChI is InChI=1S/C50H31NO/c1-2-15-32(16-3-1)47-38-21-4-6-23-40(38)48(41-24-7-5-22-39(41)47)34-18-14-17-33(31-34)35-29-30-46-49(42-25-10-13-28-45(42)52-46)50(35)51-43-26-11-8-19-36(43)37-20-9-12-27-44(37)51/h1-31H/i1D,2D,3D,15D,16D. The molecule has 2 heteroatoms. The second kappa shape index (κ2) is 11.3. The molecule has 0 spiro atoms. The van der Waals surface area contributed by atoms with Gasteiger partial charge in [-0.05, 0) is 85.8 Å². The Bertz CT molecular complexity index is 3350. The third kappa shape index (κ3) is 4.19. The van der Waals surface area contributed by atoms with Crippen molar-refractivity contribution >= 4 is 65.3 Å². The third-order valence-electron chi connectivity index (χ3n) is 10.5. The summed E-state index contributed by atoms with van der Waals surface area (Å²) in [4.78, 5) is 0. The lowest BCUT2D eigenvalue weighted by molar-refractivity contribution is 0.669. The molecule has 0 aliphatic rings. The Hall–Kier alpha value is -6.90. The Labute approximate surface area is 307 Å². The van der Waals surface area contributed by atoms with E-state index in [0.717, 1.165) is 82.5 Å². The molecule has 11 aromatic rings. The van der Waals surface area contributed by atoms with Crippen LogP contribution in [-0.2, 0) is 0 Å². The van der Waals surface area contributed by atoms with Gasteiger partial charge in [0.1, 0.15) is 11.2 Å². The van der Waals surface area contributed by atoms with Crippen molar-refractivity contribution in [3.63, 3.8) is 0 Å². The number of hydrogen-bond donors (Lipinski definition) is 0. The molecular weight excluding hydrogens is 631 g/mol. The van der Waals surface area contributed by atoms with Crippen molar-refractivity contribution in [2.24, 2.45) is 0 Å². The van der Waals surface area contributed by atoms with Gasteiger partial charge in [0.2, 0.25) is 0 Å². The summed E-state index contributed by atoms with van der Waals surface area (Å²) in [5.41, 5.74) is 9.80. The average molecular weight is 667 g/mol. The summed E-state index contributed by atoms with van der Waals surface area (Å²) in [7, 11) is 0. The van der Waals surface area contributed by atoms with Crippen LogP contribution in [0.2, 0.25) is 0 Å². The topological polar surface area (TPSA) is 18.1 Å². The van der Waals surface area contributed by atoms with Crippen LogP contribution >= 0.6 is 0 Å². The minimum atomic E-state index is -0.405. The number of nitrogens with zero attached hydrogens (tertiary/aromatic N) is 1. The highest BCUT2D eigenvalue weighted by atomic mass is 16.3. The van der Waals surface area contributed by atoms with E-state index in [4.69, 9.17) is 11.3 Å². The van der Waals surface area contributed by atoms with Gasteiger partial charge >= 0.3 is 0 Å². The molecule has 0 aliphatic carbocycles. The van der Waals surface area contributed by atoms with Crippen molar-refractivity contribution in [2.75, 3.05) is 0 Å². The Balaban J connectivity index is 1.23. The molecule has 0 amide bonds. The Morgan fingerprint density at radius 1 is 0.404 bits per heavy atom. The maximum Gasteiger partial charge on any atom is 0.137 e. The molecule has 0 aliphatic heterocycles. The lowest BCUT2D eigenvalue weighted by Crippen LogP contribution is -1.98. The Morgan fingerprint density at radius 3 is 1.56 bits per heavy atom. The SMILES string of the molecule is [2H]c1c([2H])c([2H])c(-c2c3ccccc3c(-c3cccc(-c4ccc5oc6ccccc6c5c4-n4c5ccccc5c5ccccc54)c3)c3ccccc23)c([2H])c1[2H]. The number of fused-ring (bicyclic) bond motifs is 8. The van der Waals surface area contributed by atoms with E-state index in [-0.39, 0.29) is 29.7 Å². The van der Waals surface area contributed by atoms with E-state index in [2.05, 4.69) is 114 Å². The van der Waals surface area contributed by atoms with Gasteiger partial charge in [0, 0.05) is 21.7 Å². The van der Waals surface area contributed by atoms with Crippen molar-refractivity contribution < 1.29 is 11.3 Å². The van der Waals surface area contributed by atoms with Crippen molar-refractivity contribution in [1.29, 1.82) is 0 Å². The highest BCUT2D eigenvalue weighted by Gasteiger charge is 2.23. The van der Waals surface area contributed by atoms with Crippen LogP contribution in [-0.4, -0.2) is 4.57 Å². The van der Waals surface area contributed by atoms with Crippen LogP contribution in [0.25, 0.3) is 104 Å². The van der Waals surface area contributed by atoms with Crippen LogP contribution in [0.15, 0.2) is 192 Å². The van der Waals surface area contributed by atoms with Crippen molar-refractivity contribution in [3.05, 3.63) is 188 Å². The molecule has 0 atom stereocenters. The molecule has 2 nitrogen and oxygen atoms in total. The first-order valence-corrected chi connectivity index (χ1v) is 17.4. The minimum absolute atomic E-state index is 0.199. The number of aromatic nitrogens is 1. The van der Waals surface area contributed by atoms with Gasteiger partial charge in [-0.1, -0.05) is 152 Å². The van der Waals surface area contributed by atoms with Crippen molar-refractivity contribution in [3.8, 4) is 39.1 Å². The monoisotopic (exact) mass is 666 g/mol. The van der Waals surface area contributed by atoms with Gasteiger partial charge in [-0.15, -0.1) is 0 Å². The van der Waals surface area contributed by atoms with Crippen LogP contribution in [0.4, 0.5) is 0 Å². The molecule has 0 N–H and O–H groups in total. The maximum atomic E-state index is 8.96. The van der Waals surface area contributed by atoms with E-state index in [1.807, 2.05) is 48.5 Å². The molecule has 0 saturated heterocycles. The van der Waals surface area contributed by atoms with E-state index in [1.54, 1.807) is 0 Å². The molecule has 2 aromatic heterocycles. The summed E-state index contributed by atoms with van der Waals surface area (Å²) < 4.78 is 52.1. The molecule has 0 unspecified atom stereocenters. The normalized spacial score (nSPS) is 13.2. The molecule has 9 aromatic carbocycles. The summed E-state index contributed by atoms with van der Waals surface area (Å²) in [6.45, 7) is 0. The van der Waals surface area contributed by atoms with Gasteiger partial charge < -0.3 is 8.98 Å². The van der Waals surface area contributed by atoms with E-state index in [0.29, 0.717) is 5.56 Å². The zero-order chi connectivity index (χ0) is 38.5. The quantitative estimate of drug-likeness (QED) is 0.171. The maximum absolute atomic E-state index is 8.96. The zero-order valence-corrected chi connectivity index (χ0v) is 27.9. The van der Waals surface area contributed by atoms with Gasteiger partial charge in [-0.2, -0.15) is 0 Å². The lowest BCUT2D eigenvalue weighted by Gasteiger charge is -2.19. The largest absolute Gasteiger partial charge is 0.456 e. The smallest absolute Gasteiger partial charge is 0.137 e. The number of para-hydroxylation sites is 3. The molecule has 2 heterocycles. The highest BCUT2D eigenvalue weighted by molar-refractivity contribution is 6.22. The molecule has 11 rings (SSSR count). The number of rotatable bonds is 4. The summed E-state index contributed by atoms with van der Waals surface area (Å²) in [6.07, 6.45) is 0. The van der Waals surface area contributed by atoms with Gasteiger partial charge in [-0.25, -0.2) is 0 Å². The second-order valence-corrected chi connectivity index (χ2v) is 13.2. The number of hydrogen-bond acceptors (Lipinski definition) is 1. The Kier molecular flexibility index (Phi) is 5.28. The predicted octanol–water partition coefficient (Wildman–Crippen LogP) is 14.0. The van der Waals surface area contributed by atoms with Crippen LogP contribution in [0.5, 0.6) is 0 Å². The van der Waals surface area contributed by atoms with Crippen LogP contribution in [0.3, 0.4) is 0 Å². The van der Waals surface area contributed by atoms with Crippen LogP contribution in [0.1, 0.15) is 6.85 Å². The number of benzene rings is 9. The first-order chi connectivity index (χ1) is 27.9. The van der Waals surface area contributed by atoms with Crippen LogP contribution < -0.4 is 0 Å². The van der Waals surface area contributed by atoms with E-state index in [1.165, 1.54) is 10.8 Å². The minimum Gasteiger partial charge on any atom is -0.456 e. The van der Waals surface area contributed by atoms with Gasteiger partial charge in [0.15, 0.2) is 0 Å². The fourth-order valence-electron chi connectivity index (χ4n) is 8.35. The van der Waals surface area contributed by atoms with Crippen molar-refractivity contribution in [1.82, 2.24) is 4.57 Å². The molecule has 0 radical (unpaired) electrons. The van der Waals surface area contributed by atoms with Gasteiger partial charge in [0.05, 0.1) is 29.0 Å². The zero-order valence-electron chi connectivity index (χ0n) is 32.9. The van der Waals surface area contributed by atoms with E-state index in [9.17, 15) is 0 Å². The first kappa shape index (κ1) is 24.3. The summed E-state index contributed by atoms with van der Waals surface area (Å²) in [5, 5.41) is 7.91. The number of furan rings is 1. The molecule has 0 bridgehead atoms. The second-order valence-electron chi connectivity index (χ2n) is 13.2. The molecule has 52 heavy (non-hydrogen) atoms. The van der Waals surface area contributed by atoms with E-state index < -0.39 is 6.04 Å². The van der Waals surface area contributed by atoms with Gasteiger partial charge in [-0.3, -0.25) is 0 Å². The molecule has 242 valence electrons. The average Bonchev–Trinajstić information content (AvgIpc) is 3.80.